The lowest BCUT2D eigenvalue weighted by Crippen LogP contribution is -2.49. The molecule has 5 nitrogen and oxygen atoms in total. The fraction of sp³-hybridized carbons (Fsp3) is 0.429. The van der Waals surface area contributed by atoms with Crippen LogP contribution < -0.4 is 16.8 Å². The van der Waals surface area contributed by atoms with Crippen LogP contribution in [0.1, 0.15) is 47.4 Å². The Morgan fingerprint density at radius 1 is 1.11 bits per heavy atom. The standard InChI is InChI=1S/C14H21N3O2/c1-3-14(16,4-2)9-17-13(19)11-7-5-10(6-8-11)12(15)18/h5-8H,3-4,9,16H2,1-2H3,(H2,15,18)(H,17,19). The van der Waals surface area contributed by atoms with Crippen LogP contribution >= 0.6 is 0 Å². The van der Waals surface area contributed by atoms with E-state index in [2.05, 4.69) is 5.32 Å². The van der Waals surface area contributed by atoms with Gasteiger partial charge in [-0.05, 0) is 37.1 Å². The van der Waals surface area contributed by atoms with E-state index >= 15 is 0 Å². The van der Waals surface area contributed by atoms with Crippen LogP contribution in [0.4, 0.5) is 0 Å². The number of hydrogen-bond donors (Lipinski definition) is 3. The highest BCUT2D eigenvalue weighted by Crippen LogP contribution is 2.10. The Morgan fingerprint density at radius 2 is 1.58 bits per heavy atom. The predicted molar refractivity (Wildman–Crippen MR) is 74.8 cm³/mol. The van der Waals surface area contributed by atoms with Crippen LogP contribution in [0.15, 0.2) is 24.3 Å². The molecule has 0 aliphatic heterocycles. The first-order chi connectivity index (χ1) is 8.91. The van der Waals surface area contributed by atoms with Crippen molar-refractivity contribution in [2.75, 3.05) is 6.54 Å². The summed E-state index contributed by atoms with van der Waals surface area (Å²) in [7, 11) is 0. The van der Waals surface area contributed by atoms with Crippen LogP contribution in [0.3, 0.4) is 0 Å². The van der Waals surface area contributed by atoms with Gasteiger partial charge < -0.3 is 16.8 Å². The minimum absolute atomic E-state index is 0.201. The van der Waals surface area contributed by atoms with Crippen molar-refractivity contribution in [3.8, 4) is 0 Å². The average molecular weight is 263 g/mol. The molecular formula is C14H21N3O2. The van der Waals surface area contributed by atoms with Crippen LogP contribution in [0, 0.1) is 0 Å². The van der Waals surface area contributed by atoms with E-state index < -0.39 is 5.91 Å². The molecule has 5 heteroatoms. The van der Waals surface area contributed by atoms with Crippen LogP contribution in [-0.2, 0) is 0 Å². The number of hydrogen-bond acceptors (Lipinski definition) is 3. The Morgan fingerprint density at radius 3 is 2.00 bits per heavy atom. The van der Waals surface area contributed by atoms with E-state index in [1.54, 1.807) is 12.1 Å². The number of rotatable bonds is 6. The molecule has 0 heterocycles. The normalized spacial score (nSPS) is 11.1. The van der Waals surface area contributed by atoms with Gasteiger partial charge in [0.05, 0.1) is 0 Å². The lowest BCUT2D eigenvalue weighted by molar-refractivity contribution is 0.0940. The molecule has 5 N–H and O–H groups in total. The zero-order chi connectivity index (χ0) is 14.5. The molecule has 0 saturated carbocycles. The van der Waals surface area contributed by atoms with Crippen LogP contribution in [0.5, 0.6) is 0 Å². The fourth-order valence-corrected chi connectivity index (χ4v) is 1.64. The average Bonchev–Trinajstić information content (AvgIpc) is 2.44. The summed E-state index contributed by atoms with van der Waals surface area (Å²) in [5.74, 6) is -0.711. The number of nitrogens with one attached hydrogen (secondary N) is 1. The number of amides is 2. The summed E-state index contributed by atoms with van der Waals surface area (Å²) in [6.45, 7) is 4.42. The van der Waals surface area contributed by atoms with Gasteiger partial charge in [0.25, 0.3) is 5.91 Å². The molecule has 0 aliphatic rings. The number of carbonyl (C=O) groups is 2. The Hall–Kier alpha value is -1.88. The second kappa shape index (κ2) is 6.33. The van der Waals surface area contributed by atoms with Crippen molar-refractivity contribution in [1.82, 2.24) is 5.32 Å². The predicted octanol–water partition coefficient (Wildman–Crippen LogP) is 1.03. The molecular weight excluding hydrogens is 242 g/mol. The van der Waals surface area contributed by atoms with Crippen molar-refractivity contribution in [3.05, 3.63) is 35.4 Å². The van der Waals surface area contributed by atoms with Crippen molar-refractivity contribution in [2.24, 2.45) is 11.5 Å². The summed E-state index contributed by atoms with van der Waals surface area (Å²) in [4.78, 5) is 22.8. The minimum atomic E-state index is -0.509. The lowest BCUT2D eigenvalue weighted by Gasteiger charge is -2.26. The van der Waals surface area contributed by atoms with Crippen molar-refractivity contribution in [2.45, 2.75) is 32.2 Å². The van der Waals surface area contributed by atoms with Gasteiger partial charge in [0.15, 0.2) is 0 Å². The number of primary amides is 1. The van der Waals surface area contributed by atoms with Crippen molar-refractivity contribution in [1.29, 1.82) is 0 Å². The maximum atomic E-state index is 11.9. The molecule has 104 valence electrons. The third-order valence-electron chi connectivity index (χ3n) is 3.44. The van der Waals surface area contributed by atoms with Crippen LogP contribution in [0.25, 0.3) is 0 Å². The summed E-state index contributed by atoms with van der Waals surface area (Å²) >= 11 is 0. The number of nitrogens with two attached hydrogens (primary N) is 2. The Bertz CT molecular complexity index is 450. The van der Waals surface area contributed by atoms with E-state index in [4.69, 9.17) is 11.5 Å². The molecule has 1 aromatic carbocycles. The fourth-order valence-electron chi connectivity index (χ4n) is 1.64. The van der Waals surface area contributed by atoms with Gasteiger partial charge in [-0.15, -0.1) is 0 Å². The number of benzene rings is 1. The summed E-state index contributed by atoms with van der Waals surface area (Å²) in [6, 6.07) is 6.22. The van der Waals surface area contributed by atoms with Gasteiger partial charge in [-0.3, -0.25) is 9.59 Å². The van der Waals surface area contributed by atoms with Gasteiger partial charge in [0.1, 0.15) is 0 Å². The van der Waals surface area contributed by atoms with Gasteiger partial charge in [-0.1, -0.05) is 13.8 Å². The highest BCUT2D eigenvalue weighted by Gasteiger charge is 2.21. The first-order valence-electron chi connectivity index (χ1n) is 6.39. The largest absolute Gasteiger partial charge is 0.366 e. The molecule has 0 unspecified atom stereocenters. The van der Waals surface area contributed by atoms with Crippen molar-refractivity contribution < 1.29 is 9.59 Å². The topological polar surface area (TPSA) is 98.2 Å². The summed E-state index contributed by atoms with van der Waals surface area (Å²) < 4.78 is 0. The maximum absolute atomic E-state index is 11.9. The second-order valence-electron chi connectivity index (χ2n) is 4.69. The molecule has 0 atom stereocenters. The molecule has 0 radical (unpaired) electrons. The smallest absolute Gasteiger partial charge is 0.251 e. The van der Waals surface area contributed by atoms with Gasteiger partial charge in [-0.25, -0.2) is 0 Å². The molecule has 0 aliphatic carbocycles. The van der Waals surface area contributed by atoms with E-state index in [0.717, 1.165) is 12.8 Å². The summed E-state index contributed by atoms with van der Waals surface area (Å²) in [5.41, 5.74) is 11.7. The Balaban J connectivity index is 2.66. The van der Waals surface area contributed by atoms with E-state index in [1.807, 2.05) is 13.8 Å². The van der Waals surface area contributed by atoms with E-state index in [-0.39, 0.29) is 11.4 Å². The molecule has 0 spiro atoms. The van der Waals surface area contributed by atoms with E-state index in [9.17, 15) is 9.59 Å². The quantitative estimate of drug-likeness (QED) is 0.715. The van der Waals surface area contributed by atoms with E-state index in [1.165, 1.54) is 12.1 Å². The zero-order valence-electron chi connectivity index (χ0n) is 11.4. The molecule has 1 aromatic rings. The number of carbonyl (C=O) groups excluding carboxylic acids is 2. The van der Waals surface area contributed by atoms with Crippen molar-refractivity contribution >= 4 is 11.8 Å². The monoisotopic (exact) mass is 263 g/mol. The lowest BCUT2D eigenvalue weighted by atomic mass is 9.94. The molecule has 0 saturated heterocycles. The highest BCUT2D eigenvalue weighted by molar-refractivity contribution is 5.97. The third kappa shape index (κ3) is 4.06. The zero-order valence-corrected chi connectivity index (χ0v) is 11.4. The Labute approximate surface area is 113 Å². The summed E-state index contributed by atoms with van der Waals surface area (Å²) in [5, 5.41) is 2.81. The first-order valence-corrected chi connectivity index (χ1v) is 6.39. The highest BCUT2D eigenvalue weighted by atomic mass is 16.2. The van der Waals surface area contributed by atoms with Crippen LogP contribution in [-0.4, -0.2) is 23.9 Å². The molecule has 19 heavy (non-hydrogen) atoms. The molecule has 2 amide bonds. The summed E-state index contributed by atoms with van der Waals surface area (Å²) in [6.07, 6.45) is 1.59. The van der Waals surface area contributed by atoms with Gasteiger partial charge in [0.2, 0.25) is 5.91 Å². The third-order valence-corrected chi connectivity index (χ3v) is 3.44. The van der Waals surface area contributed by atoms with Gasteiger partial charge in [0, 0.05) is 23.2 Å². The minimum Gasteiger partial charge on any atom is -0.366 e. The van der Waals surface area contributed by atoms with Gasteiger partial charge in [-0.2, -0.15) is 0 Å². The molecule has 0 aromatic heterocycles. The second-order valence-corrected chi connectivity index (χ2v) is 4.69. The van der Waals surface area contributed by atoms with Crippen LogP contribution in [0.2, 0.25) is 0 Å². The molecule has 0 fully saturated rings. The van der Waals surface area contributed by atoms with E-state index in [0.29, 0.717) is 17.7 Å². The van der Waals surface area contributed by atoms with Gasteiger partial charge >= 0.3 is 0 Å². The SMILES string of the molecule is CCC(N)(CC)CNC(=O)c1ccc(C(N)=O)cc1. The first kappa shape index (κ1) is 15.2. The molecule has 0 bridgehead atoms. The maximum Gasteiger partial charge on any atom is 0.251 e. The van der Waals surface area contributed by atoms with Crippen molar-refractivity contribution in [3.63, 3.8) is 0 Å². The Kier molecular flexibility index (Phi) is 5.06. The molecule has 1 rings (SSSR count).